The lowest BCUT2D eigenvalue weighted by molar-refractivity contribution is -0.138. The number of hydrogen-bond donors (Lipinski definition) is 3. The van der Waals surface area contributed by atoms with Crippen molar-refractivity contribution in [2.75, 3.05) is 0 Å². The van der Waals surface area contributed by atoms with Crippen LogP contribution < -0.4 is 9.44 Å². The SMILES string of the molecule is O=C1CC(c2ccc(CC(NS(=O)(=O)c3ccccc3)C(=O)O)cc2Br)S(=O)(=O)N1. The Morgan fingerprint density at radius 1 is 1.23 bits per heavy atom. The molecule has 3 N–H and O–H groups in total. The molecule has 1 saturated heterocycles. The number of aliphatic carboxylic acids is 1. The van der Waals surface area contributed by atoms with Crippen LogP contribution in [0.4, 0.5) is 0 Å². The molecule has 2 aromatic rings. The van der Waals surface area contributed by atoms with Gasteiger partial charge in [0.05, 0.1) is 11.3 Å². The first-order valence-corrected chi connectivity index (χ1v) is 12.4. The van der Waals surface area contributed by atoms with Crippen molar-refractivity contribution in [1.29, 1.82) is 0 Å². The highest BCUT2D eigenvalue weighted by Crippen LogP contribution is 2.35. The number of rotatable bonds is 7. The van der Waals surface area contributed by atoms with Crippen LogP contribution >= 0.6 is 15.9 Å². The summed E-state index contributed by atoms with van der Waals surface area (Å²) in [7, 11) is -7.88. The fourth-order valence-corrected chi connectivity index (χ4v) is 6.57. The summed E-state index contributed by atoms with van der Waals surface area (Å²) >= 11 is 3.26. The van der Waals surface area contributed by atoms with Gasteiger partial charge in [0, 0.05) is 4.47 Å². The normalized spacial score (nSPS) is 19.2. The molecule has 3 rings (SSSR count). The Balaban J connectivity index is 1.82. The van der Waals surface area contributed by atoms with E-state index in [9.17, 15) is 31.5 Å². The highest BCUT2D eigenvalue weighted by molar-refractivity contribution is 9.10. The summed E-state index contributed by atoms with van der Waals surface area (Å²) in [5.41, 5.74) is 0.817. The zero-order valence-electron chi connectivity index (χ0n) is 15.3. The van der Waals surface area contributed by atoms with Gasteiger partial charge in [0.25, 0.3) is 0 Å². The first-order chi connectivity index (χ1) is 14.0. The van der Waals surface area contributed by atoms with Crippen molar-refractivity contribution in [2.24, 2.45) is 0 Å². The van der Waals surface area contributed by atoms with Crippen molar-refractivity contribution in [3.05, 3.63) is 64.1 Å². The third-order valence-corrected chi connectivity index (χ3v) is 8.36. The Bertz CT molecular complexity index is 1200. The van der Waals surface area contributed by atoms with E-state index in [4.69, 9.17) is 0 Å². The highest BCUT2D eigenvalue weighted by atomic mass is 79.9. The van der Waals surface area contributed by atoms with Crippen LogP contribution in [0.2, 0.25) is 0 Å². The molecule has 0 radical (unpaired) electrons. The summed E-state index contributed by atoms with van der Waals surface area (Å²) in [5.74, 6) is -1.96. The maximum atomic E-state index is 12.4. The molecule has 1 heterocycles. The van der Waals surface area contributed by atoms with Gasteiger partial charge in [-0.3, -0.25) is 14.3 Å². The van der Waals surface area contributed by atoms with E-state index >= 15 is 0 Å². The summed E-state index contributed by atoms with van der Waals surface area (Å²) in [5, 5.41) is 8.42. The number of carbonyl (C=O) groups is 2. The minimum Gasteiger partial charge on any atom is -0.480 e. The van der Waals surface area contributed by atoms with Crippen LogP contribution in [-0.2, 0) is 36.1 Å². The van der Waals surface area contributed by atoms with E-state index in [2.05, 4.69) is 20.7 Å². The third-order valence-electron chi connectivity index (χ3n) is 4.50. The lowest BCUT2D eigenvalue weighted by atomic mass is 10.0. The van der Waals surface area contributed by atoms with E-state index in [1.807, 2.05) is 4.72 Å². The predicted molar refractivity (Wildman–Crippen MR) is 110 cm³/mol. The zero-order chi connectivity index (χ0) is 22.1. The molecular weight excluding hydrogens is 500 g/mol. The summed E-state index contributed by atoms with van der Waals surface area (Å²) < 4.78 is 53.5. The summed E-state index contributed by atoms with van der Waals surface area (Å²) in [6.45, 7) is 0. The quantitative estimate of drug-likeness (QED) is 0.502. The van der Waals surface area contributed by atoms with Gasteiger partial charge in [-0.25, -0.2) is 16.8 Å². The maximum Gasteiger partial charge on any atom is 0.322 e. The number of sulfonamides is 2. The van der Waals surface area contributed by atoms with Gasteiger partial charge in [-0.05, 0) is 35.7 Å². The highest BCUT2D eigenvalue weighted by Gasteiger charge is 2.39. The molecule has 0 bridgehead atoms. The van der Waals surface area contributed by atoms with Gasteiger partial charge in [-0.1, -0.05) is 46.3 Å². The van der Waals surface area contributed by atoms with Crippen LogP contribution in [-0.4, -0.2) is 39.9 Å². The monoisotopic (exact) mass is 516 g/mol. The van der Waals surface area contributed by atoms with Crippen LogP contribution in [0.5, 0.6) is 0 Å². The number of benzene rings is 2. The van der Waals surface area contributed by atoms with E-state index in [0.29, 0.717) is 15.6 Å². The molecule has 0 aromatic heterocycles. The smallest absolute Gasteiger partial charge is 0.322 e. The topological polar surface area (TPSA) is 147 Å². The minimum absolute atomic E-state index is 0.0589. The van der Waals surface area contributed by atoms with Crippen LogP contribution in [0.25, 0.3) is 0 Å². The summed E-state index contributed by atoms with van der Waals surface area (Å²) in [4.78, 5) is 23.0. The number of amides is 1. The number of hydrogen-bond acceptors (Lipinski definition) is 6. The van der Waals surface area contributed by atoms with E-state index in [-0.39, 0.29) is 17.7 Å². The average molecular weight is 517 g/mol. The molecule has 1 aliphatic rings. The molecule has 0 saturated carbocycles. The van der Waals surface area contributed by atoms with E-state index < -0.39 is 43.2 Å². The van der Waals surface area contributed by atoms with E-state index in [1.54, 1.807) is 6.07 Å². The van der Waals surface area contributed by atoms with Crippen LogP contribution in [0.1, 0.15) is 22.8 Å². The van der Waals surface area contributed by atoms with Crippen molar-refractivity contribution in [2.45, 2.75) is 29.0 Å². The number of nitrogens with one attached hydrogen (secondary N) is 2. The second kappa shape index (κ2) is 8.46. The van der Waals surface area contributed by atoms with Crippen molar-refractivity contribution >= 4 is 47.9 Å². The average Bonchev–Trinajstić information content (AvgIpc) is 2.93. The van der Waals surface area contributed by atoms with Gasteiger partial charge < -0.3 is 5.11 Å². The van der Waals surface area contributed by atoms with Crippen molar-refractivity contribution in [1.82, 2.24) is 9.44 Å². The van der Waals surface area contributed by atoms with Gasteiger partial charge in [0.2, 0.25) is 26.0 Å². The first kappa shape index (κ1) is 22.4. The number of halogens is 1. The van der Waals surface area contributed by atoms with E-state index in [0.717, 1.165) is 0 Å². The van der Waals surface area contributed by atoms with Gasteiger partial charge in [-0.15, -0.1) is 0 Å². The molecule has 1 amide bonds. The number of carboxylic acids is 1. The van der Waals surface area contributed by atoms with Gasteiger partial charge in [0.15, 0.2) is 0 Å². The molecule has 1 aliphatic heterocycles. The standard InChI is InChI=1S/C18H17BrN2O7S2/c19-14-8-11(6-7-13(14)16-10-17(22)21-30(16,27)28)9-15(18(23)24)20-29(25,26)12-4-2-1-3-5-12/h1-8,15-16,20H,9-10H2,(H,21,22)(H,23,24). The van der Waals surface area contributed by atoms with Crippen molar-refractivity contribution < 1.29 is 31.5 Å². The molecule has 160 valence electrons. The Hall–Kier alpha value is -2.28. The molecule has 2 atom stereocenters. The fourth-order valence-electron chi connectivity index (χ4n) is 3.06. The maximum absolute atomic E-state index is 12.4. The fraction of sp³-hybridized carbons (Fsp3) is 0.222. The van der Waals surface area contributed by atoms with Crippen LogP contribution in [0.15, 0.2) is 57.9 Å². The lowest BCUT2D eigenvalue weighted by Gasteiger charge is -2.16. The Kier molecular flexibility index (Phi) is 6.32. The molecule has 2 unspecified atom stereocenters. The second-order valence-corrected chi connectivity index (χ2v) is 11.1. The molecule has 0 aliphatic carbocycles. The van der Waals surface area contributed by atoms with Crippen molar-refractivity contribution in [3.8, 4) is 0 Å². The second-order valence-electron chi connectivity index (χ2n) is 6.65. The molecule has 0 spiro atoms. The Labute approximate surface area is 181 Å². The molecule has 12 heteroatoms. The predicted octanol–water partition coefficient (Wildman–Crippen LogP) is 1.31. The zero-order valence-corrected chi connectivity index (χ0v) is 18.5. The summed E-state index contributed by atoms with van der Waals surface area (Å²) in [6.07, 6.45) is -0.385. The Morgan fingerprint density at radius 2 is 1.90 bits per heavy atom. The lowest BCUT2D eigenvalue weighted by Crippen LogP contribution is -2.42. The Morgan fingerprint density at radius 3 is 2.43 bits per heavy atom. The van der Waals surface area contributed by atoms with Gasteiger partial charge >= 0.3 is 5.97 Å². The third kappa shape index (κ3) is 4.89. The van der Waals surface area contributed by atoms with Gasteiger partial charge in [-0.2, -0.15) is 4.72 Å². The van der Waals surface area contributed by atoms with E-state index in [1.165, 1.54) is 42.5 Å². The minimum atomic E-state index is -4.05. The van der Waals surface area contributed by atoms with Crippen LogP contribution in [0, 0.1) is 0 Å². The molecular formula is C18H17BrN2O7S2. The first-order valence-electron chi connectivity index (χ1n) is 8.62. The molecule has 30 heavy (non-hydrogen) atoms. The number of carbonyl (C=O) groups excluding carboxylic acids is 1. The van der Waals surface area contributed by atoms with Gasteiger partial charge in [0.1, 0.15) is 11.3 Å². The molecule has 2 aromatic carbocycles. The van der Waals surface area contributed by atoms with Crippen molar-refractivity contribution in [3.63, 3.8) is 0 Å². The molecule has 9 nitrogen and oxygen atoms in total. The van der Waals surface area contributed by atoms with Crippen LogP contribution in [0.3, 0.4) is 0 Å². The number of carboxylic acid groups (broad SMARTS) is 1. The largest absolute Gasteiger partial charge is 0.480 e. The summed E-state index contributed by atoms with van der Waals surface area (Å²) in [6, 6.07) is 10.5. The molecule has 1 fully saturated rings.